The molecule has 0 aromatic carbocycles. The first-order valence-corrected chi connectivity index (χ1v) is 9.37. The average Bonchev–Trinajstić information content (AvgIpc) is 2.58. The lowest BCUT2D eigenvalue weighted by Crippen LogP contribution is -2.45. The Bertz CT molecular complexity index is 442. The Morgan fingerprint density at radius 3 is 2.74 bits per heavy atom. The monoisotopic (exact) mass is 316 g/mol. The highest BCUT2D eigenvalue weighted by Gasteiger charge is 2.20. The minimum Gasteiger partial charge on any atom is -0.313 e. The van der Waals surface area contributed by atoms with E-state index in [9.17, 15) is 0 Å². The second kappa shape index (κ2) is 8.76. The Hall–Kier alpha value is -0.970. The van der Waals surface area contributed by atoms with Gasteiger partial charge >= 0.3 is 0 Å². The molecule has 1 unspecified atom stereocenters. The largest absolute Gasteiger partial charge is 0.313 e. The molecule has 0 amide bonds. The molecule has 1 atom stereocenters. The summed E-state index contributed by atoms with van der Waals surface area (Å²) in [6.07, 6.45) is 7.23. The summed E-state index contributed by atoms with van der Waals surface area (Å²) in [4.78, 5) is 9.61. The Balaban J connectivity index is 1.30. The van der Waals surface area contributed by atoms with E-state index < -0.39 is 0 Å². The fraction of sp³-hybridized carbons (Fsp3) is 0.737. The molecule has 0 spiro atoms. The lowest BCUT2D eigenvalue weighted by molar-refractivity contribution is 0.167. The predicted molar refractivity (Wildman–Crippen MR) is 95.4 cm³/mol. The summed E-state index contributed by atoms with van der Waals surface area (Å²) in [5.74, 6) is 0.888. The van der Waals surface area contributed by atoms with Crippen LogP contribution in [0.25, 0.3) is 0 Å². The normalized spacial score (nSPS) is 24.8. The molecule has 3 rings (SSSR count). The molecule has 0 bridgehead atoms. The number of nitrogens with one attached hydrogen (secondary N) is 1. The molecule has 23 heavy (non-hydrogen) atoms. The van der Waals surface area contributed by atoms with E-state index in [2.05, 4.69) is 39.2 Å². The zero-order chi connectivity index (χ0) is 15.9. The maximum atomic E-state index is 4.44. The van der Waals surface area contributed by atoms with Crippen molar-refractivity contribution < 1.29 is 0 Å². The molecule has 2 aliphatic rings. The van der Waals surface area contributed by atoms with Crippen LogP contribution in [-0.4, -0.2) is 60.1 Å². The molecule has 4 nitrogen and oxygen atoms in total. The van der Waals surface area contributed by atoms with Crippen LogP contribution in [0.15, 0.2) is 24.4 Å². The lowest BCUT2D eigenvalue weighted by Gasteiger charge is -2.34. The van der Waals surface area contributed by atoms with Crippen molar-refractivity contribution >= 4 is 0 Å². The number of hydrogen-bond donors (Lipinski definition) is 1. The van der Waals surface area contributed by atoms with E-state index in [4.69, 9.17) is 0 Å². The maximum absolute atomic E-state index is 4.44. The van der Waals surface area contributed by atoms with Gasteiger partial charge in [-0.05, 0) is 50.3 Å². The number of likely N-dealkylation sites (tertiary alicyclic amines) is 2. The summed E-state index contributed by atoms with van der Waals surface area (Å²) in [6.45, 7) is 10.7. The van der Waals surface area contributed by atoms with Crippen molar-refractivity contribution in [1.82, 2.24) is 20.1 Å². The molecule has 3 heterocycles. The molecule has 1 aromatic rings. The van der Waals surface area contributed by atoms with Gasteiger partial charge in [0, 0.05) is 51.5 Å². The standard InChI is InChI=1S/C19H32N4/c1-17-5-4-11-22(15-17)14-10-21-18-7-12-23(13-8-18)16-19-6-2-3-9-20-19/h2-3,6,9,17-18,21H,4-5,7-8,10-16H2,1H3. The van der Waals surface area contributed by atoms with E-state index >= 15 is 0 Å². The second-order valence-corrected chi connectivity index (χ2v) is 7.37. The second-order valence-electron chi connectivity index (χ2n) is 7.37. The van der Waals surface area contributed by atoms with Gasteiger partial charge in [0.1, 0.15) is 0 Å². The van der Waals surface area contributed by atoms with Gasteiger partial charge in [-0.2, -0.15) is 0 Å². The molecule has 2 aliphatic heterocycles. The summed E-state index contributed by atoms with van der Waals surface area (Å²) in [6, 6.07) is 6.90. The number of pyridine rings is 1. The maximum Gasteiger partial charge on any atom is 0.0543 e. The molecule has 0 radical (unpaired) electrons. The van der Waals surface area contributed by atoms with Crippen LogP contribution in [0, 0.1) is 5.92 Å². The van der Waals surface area contributed by atoms with Gasteiger partial charge in [0.05, 0.1) is 5.69 Å². The van der Waals surface area contributed by atoms with Gasteiger partial charge in [-0.3, -0.25) is 9.88 Å². The number of aromatic nitrogens is 1. The quantitative estimate of drug-likeness (QED) is 0.873. The number of piperidine rings is 2. The SMILES string of the molecule is CC1CCCN(CCNC2CCN(Cc3ccccn3)CC2)C1. The first-order valence-electron chi connectivity index (χ1n) is 9.37. The molecule has 2 saturated heterocycles. The van der Waals surface area contributed by atoms with E-state index in [1.165, 1.54) is 64.1 Å². The van der Waals surface area contributed by atoms with Crippen molar-refractivity contribution in [3.63, 3.8) is 0 Å². The Morgan fingerprint density at radius 2 is 2.00 bits per heavy atom. The lowest BCUT2D eigenvalue weighted by atomic mass is 10.0. The third-order valence-electron chi connectivity index (χ3n) is 5.30. The Morgan fingerprint density at radius 1 is 1.13 bits per heavy atom. The molecule has 128 valence electrons. The summed E-state index contributed by atoms with van der Waals surface area (Å²) in [5, 5.41) is 3.78. The summed E-state index contributed by atoms with van der Waals surface area (Å²) < 4.78 is 0. The van der Waals surface area contributed by atoms with E-state index in [0.717, 1.165) is 19.0 Å². The van der Waals surface area contributed by atoms with Gasteiger partial charge in [-0.15, -0.1) is 0 Å². The van der Waals surface area contributed by atoms with Crippen LogP contribution in [0.5, 0.6) is 0 Å². The molecule has 4 heteroatoms. The van der Waals surface area contributed by atoms with E-state index in [1.54, 1.807) is 0 Å². The van der Waals surface area contributed by atoms with Gasteiger partial charge in [0.25, 0.3) is 0 Å². The molecular formula is C19H32N4. The van der Waals surface area contributed by atoms with Gasteiger partial charge in [-0.1, -0.05) is 13.0 Å². The topological polar surface area (TPSA) is 31.4 Å². The fourth-order valence-electron chi connectivity index (χ4n) is 3.93. The summed E-state index contributed by atoms with van der Waals surface area (Å²) in [5.41, 5.74) is 1.19. The number of rotatable bonds is 6. The van der Waals surface area contributed by atoms with Crippen molar-refractivity contribution in [1.29, 1.82) is 0 Å². The van der Waals surface area contributed by atoms with Gasteiger partial charge in [0.15, 0.2) is 0 Å². The number of hydrogen-bond acceptors (Lipinski definition) is 4. The number of nitrogens with zero attached hydrogens (tertiary/aromatic N) is 3. The molecule has 1 N–H and O–H groups in total. The molecule has 1 aromatic heterocycles. The van der Waals surface area contributed by atoms with Crippen LogP contribution >= 0.6 is 0 Å². The van der Waals surface area contributed by atoms with Gasteiger partial charge in [0.2, 0.25) is 0 Å². The summed E-state index contributed by atoms with van der Waals surface area (Å²) in [7, 11) is 0. The third kappa shape index (κ3) is 5.55. The van der Waals surface area contributed by atoms with Gasteiger partial charge in [-0.25, -0.2) is 0 Å². The van der Waals surface area contributed by atoms with Crippen LogP contribution in [0.1, 0.15) is 38.3 Å². The highest BCUT2D eigenvalue weighted by molar-refractivity contribution is 5.03. The van der Waals surface area contributed by atoms with Crippen molar-refractivity contribution in [2.45, 2.75) is 45.2 Å². The van der Waals surface area contributed by atoms with Crippen molar-refractivity contribution in [2.24, 2.45) is 5.92 Å². The fourth-order valence-corrected chi connectivity index (χ4v) is 3.93. The van der Waals surface area contributed by atoms with E-state index in [-0.39, 0.29) is 0 Å². The van der Waals surface area contributed by atoms with Crippen LogP contribution in [0.2, 0.25) is 0 Å². The molecule has 0 aliphatic carbocycles. The average molecular weight is 316 g/mol. The van der Waals surface area contributed by atoms with Crippen molar-refractivity contribution in [3.8, 4) is 0 Å². The minimum absolute atomic E-state index is 0.706. The van der Waals surface area contributed by atoms with Crippen LogP contribution in [0.4, 0.5) is 0 Å². The Kier molecular flexibility index (Phi) is 6.43. The molecule has 2 fully saturated rings. The zero-order valence-corrected chi connectivity index (χ0v) is 14.6. The first kappa shape index (κ1) is 16.9. The summed E-state index contributed by atoms with van der Waals surface area (Å²) >= 11 is 0. The van der Waals surface area contributed by atoms with Crippen LogP contribution in [-0.2, 0) is 6.54 Å². The zero-order valence-electron chi connectivity index (χ0n) is 14.6. The van der Waals surface area contributed by atoms with Gasteiger partial charge < -0.3 is 10.2 Å². The highest BCUT2D eigenvalue weighted by Crippen LogP contribution is 2.15. The van der Waals surface area contributed by atoms with E-state index in [1.807, 2.05) is 12.3 Å². The Labute approximate surface area is 141 Å². The highest BCUT2D eigenvalue weighted by atomic mass is 15.2. The first-order chi connectivity index (χ1) is 11.3. The third-order valence-corrected chi connectivity index (χ3v) is 5.30. The molecular weight excluding hydrogens is 284 g/mol. The predicted octanol–water partition coefficient (Wildman–Crippen LogP) is 2.37. The minimum atomic E-state index is 0.706. The van der Waals surface area contributed by atoms with Crippen molar-refractivity contribution in [2.75, 3.05) is 39.3 Å². The smallest absolute Gasteiger partial charge is 0.0543 e. The van der Waals surface area contributed by atoms with Crippen LogP contribution in [0.3, 0.4) is 0 Å². The van der Waals surface area contributed by atoms with Crippen molar-refractivity contribution in [3.05, 3.63) is 30.1 Å². The van der Waals surface area contributed by atoms with E-state index in [0.29, 0.717) is 6.04 Å². The van der Waals surface area contributed by atoms with Crippen LogP contribution < -0.4 is 5.32 Å². The molecule has 0 saturated carbocycles.